The Bertz CT molecular complexity index is 285. The van der Waals surface area contributed by atoms with Gasteiger partial charge in [-0.2, -0.15) is 0 Å². The predicted octanol–water partition coefficient (Wildman–Crippen LogP) is 1.13. The number of hydrogen-bond acceptors (Lipinski definition) is 4. The van der Waals surface area contributed by atoms with Gasteiger partial charge in [-0.05, 0) is 19.8 Å². The fourth-order valence-electron chi connectivity index (χ4n) is 1.82. The van der Waals surface area contributed by atoms with Crippen LogP contribution in [0, 0.1) is 0 Å². The zero-order chi connectivity index (χ0) is 10.5. The molecule has 1 aliphatic heterocycles. The van der Waals surface area contributed by atoms with E-state index >= 15 is 0 Å². The largest absolute Gasteiger partial charge is 0.377 e. The third-order valence-electron chi connectivity index (χ3n) is 2.74. The van der Waals surface area contributed by atoms with Gasteiger partial charge in [-0.1, -0.05) is 0 Å². The van der Waals surface area contributed by atoms with Crippen molar-refractivity contribution in [2.75, 3.05) is 6.61 Å². The van der Waals surface area contributed by atoms with Crippen LogP contribution in [-0.4, -0.2) is 28.7 Å². The van der Waals surface area contributed by atoms with E-state index in [1.54, 1.807) is 18.6 Å². The van der Waals surface area contributed by atoms with Crippen molar-refractivity contribution in [2.24, 2.45) is 0 Å². The zero-order valence-electron chi connectivity index (χ0n) is 9.02. The van der Waals surface area contributed by atoms with Gasteiger partial charge in [0.05, 0.1) is 11.8 Å². The molecule has 82 valence electrons. The van der Waals surface area contributed by atoms with E-state index in [1.807, 2.05) is 0 Å². The molecule has 0 saturated carbocycles. The molecule has 1 saturated heterocycles. The Labute approximate surface area is 90.1 Å². The van der Waals surface area contributed by atoms with Crippen LogP contribution in [0.1, 0.15) is 25.5 Å². The summed E-state index contributed by atoms with van der Waals surface area (Å²) >= 11 is 0. The summed E-state index contributed by atoms with van der Waals surface area (Å²) < 4.78 is 5.60. The zero-order valence-corrected chi connectivity index (χ0v) is 9.02. The third-order valence-corrected chi connectivity index (χ3v) is 2.74. The van der Waals surface area contributed by atoms with E-state index in [0.717, 1.165) is 25.3 Å². The first-order chi connectivity index (χ1) is 7.36. The van der Waals surface area contributed by atoms with Crippen LogP contribution in [0.2, 0.25) is 0 Å². The highest BCUT2D eigenvalue weighted by Crippen LogP contribution is 2.15. The minimum atomic E-state index is 0.363. The van der Waals surface area contributed by atoms with Crippen LogP contribution in [0.15, 0.2) is 18.6 Å². The van der Waals surface area contributed by atoms with Crippen LogP contribution in [0.5, 0.6) is 0 Å². The molecule has 0 aromatic carbocycles. The van der Waals surface area contributed by atoms with Crippen molar-refractivity contribution in [3.05, 3.63) is 24.3 Å². The lowest BCUT2D eigenvalue weighted by atomic mass is 10.1. The van der Waals surface area contributed by atoms with Crippen LogP contribution in [0.25, 0.3) is 0 Å². The number of rotatable bonds is 4. The van der Waals surface area contributed by atoms with Crippen molar-refractivity contribution in [3.63, 3.8) is 0 Å². The van der Waals surface area contributed by atoms with Gasteiger partial charge in [0.25, 0.3) is 0 Å². The van der Waals surface area contributed by atoms with Crippen molar-refractivity contribution >= 4 is 0 Å². The van der Waals surface area contributed by atoms with Gasteiger partial charge >= 0.3 is 0 Å². The van der Waals surface area contributed by atoms with Crippen LogP contribution >= 0.6 is 0 Å². The SMILES string of the molecule is CC(NCc1cnccn1)C1CCCO1. The lowest BCUT2D eigenvalue weighted by Crippen LogP contribution is -2.36. The second-order valence-electron chi connectivity index (χ2n) is 3.92. The fraction of sp³-hybridized carbons (Fsp3) is 0.636. The molecule has 4 nitrogen and oxygen atoms in total. The predicted molar refractivity (Wildman–Crippen MR) is 57.3 cm³/mol. The van der Waals surface area contributed by atoms with Gasteiger partial charge in [0.15, 0.2) is 0 Å². The monoisotopic (exact) mass is 207 g/mol. The van der Waals surface area contributed by atoms with Crippen LogP contribution in [0.3, 0.4) is 0 Å². The third kappa shape index (κ3) is 2.97. The minimum Gasteiger partial charge on any atom is -0.377 e. The number of nitrogens with zero attached hydrogens (tertiary/aromatic N) is 2. The summed E-state index contributed by atoms with van der Waals surface area (Å²) in [5.74, 6) is 0. The minimum absolute atomic E-state index is 0.363. The van der Waals surface area contributed by atoms with Gasteiger partial charge in [-0.15, -0.1) is 0 Å². The Balaban J connectivity index is 1.77. The van der Waals surface area contributed by atoms with Crippen LogP contribution in [-0.2, 0) is 11.3 Å². The molecule has 2 rings (SSSR count). The van der Waals surface area contributed by atoms with Crippen molar-refractivity contribution in [1.29, 1.82) is 0 Å². The van der Waals surface area contributed by atoms with Crippen LogP contribution < -0.4 is 5.32 Å². The van der Waals surface area contributed by atoms with E-state index in [2.05, 4.69) is 22.2 Å². The molecule has 1 aromatic heterocycles. The first-order valence-electron chi connectivity index (χ1n) is 5.46. The second kappa shape index (κ2) is 5.19. The second-order valence-corrected chi connectivity index (χ2v) is 3.92. The van der Waals surface area contributed by atoms with Crippen molar-refractivity contribution in [1.82, 2.24) is 15.3 Å². The molecular formula is C11H17N3O. The van der Waals surface area contributed by atoms with Gasteiger partial charge < -0.3 is 10.1 Å². The molecule has 0 radical (unpaired) electrons. The van der Waals surface area contributed by atoms with Crippen molar-refractivity contribution < 1.29 is 4.74 Å². The van der Waals surface area contributed by atoms with E-state index in [9.17, 15) is 0 Å². The molecule has 1 aliphatic rings. The topological polar surface area (TPSA) is 47.0 Å². The van der Waals surface area contributed by atoms with Crippen molar-refractivity contribution in [2.45, 2.75) is 38.5 Å². The molecule has 1 aromatic rings. The normalized spacial score (nSPS) is 22.9. The number of aromatic nitrogens is 2. The Kier molecular flexibility index (Phi) is 3.64. The van der Waals surface area contributed by atoms with E-state index in [4.69, 9.17) is 4.74 Å². The van der Waals surface area contributed by atoms with Crippen molar-refractivity contribution in [3.8, 4) is 0 Å². The molecule has 1 fully saturated rings. The average Bonchev–Trinajstić information content (AvgIpc) is 2.81. The fourth-order valence-corrected chi connectivity index (χ4v) is 1.82. The number of hydrogen-bond donors (Lipinski definition) is 1. The van der Waals surface area contributed by atoms with Gasteiger partial charge in [0, 0.05) is 37.8 Å². The average molecular weight is 207 g/mol. The highest BCUT2D eigenvalue weighted by atomic mass is 16.5. The molecule has 2 atom stereocenters. The molecule has 4 heteroatoms. The quantitative estimate of drug-likeness (QED) is 0.804. The molecular weight excluding hydrogens is 190 g/mol. The van der Waals surface area contributed by atoms with E-state index in [0.29, 0.717) is 12.1 Å². The highest BCUT2D eigenvalue weighted by Gasteiger charge is 2.21. The summed E-state index contributed by atoms with van der Waals surface area (Å²) in [5.41, 5.74) is 0.974. The molecule has 0 aliphatic carbocycles. The lowest BCUT2D eigenvalue weighted by molar-refractivity contribution is 0.0831. The lowest BCUT2D eigenvalue weighted by Gasteiger charge is -2.19. The standard InChI is InChI=1S/C11H17N3O/c1-9(11-3-2-6-15-11)14-8-10-7-12-4-5-13-10/h4-5,7,9,11,14H,2-3,6,8H2,1H3. The summed E-state index contributed by atoms with van der Waals surface area (Å²) in [7, 11) is 0. The summed E-state index contributed by atoms with van der Waals surface area (Å²) in [6.45, 7) is 3.82. The summed E-state index contributed by atoms with van der Waals surface area (Å²) in [6, 6.07) is 0.384. The van der Waals surface area contributed by atoms with E-state index < -0.39 is 0 Å². The van der Waals surface area contributed by atoms with Gasteiger partial charge in [0.1, 0.15) is 0 Å². The van der Waals surface area contributed by atoms with E-state index in [-0.39, 0.29) is 0 Å². The van der Waals surface area contributed by atoms with Gasteiger partial charge in [0.2, 0.25) is 0 Å². The molecule has 2 heterocycles. The van der Waals surface area contributed by atoms with E-state index in [1.165, 1.54) is 6.42 Å². The molecule has 15 heavy (non-hydrogen) atoms. The molecule has 2 unspecified atom stereocenters. The maximum atomic E-state index is 5.60. The maximum Gasteiger partial charge on any atom is 0.0726 e. The van der Waals surface area contributed by atoms with Crippen LogP contribution in [0.4, 0.5) is 0 Å². The van der Waals surface area contributed by atoms with Gasteiger partial charge in [-0.3, -0.25) is 9.97 Å². The Hall–Kier alpha value is -1.00. The smallest absolute Gasteiger partial charge is 0.0726 e. The molecule has 1 N–H and O–H groups in total. The first kappa shape index (κ1) is 10.5. The first-order valence-corrected chi connectivity index (χ1v) is 5.46. The number of ether oxygens (including phenoxy) is 1. The Morgan fingerprint density at radius 3 is 3.20 bits per heavy atom. The maximum absolute atomic E-state index is 5.60. The highest BCUT2D eigenvalue weighted by molar-refractivity contribution is 4.94. The summed E-state index contributed by atoms with van der Waals surface area (Å²) in [6.07, 6.45) is 7.90. The molecule has 0 amide bonds. The summed E-state index contributed by atoms with van der Waals surface area (Å²) in [4.78, 5) is 8.24. The Morgan fingerprint density at radius 2 is 2.53 bits per heavy atom. The molecule has 0 bridgehead atoms. The Morgan fingerprint density at radius 1 is 1.60 bits per heavy atom. The molecule has 0 spiro atoms. The van der Waals surface area contributed by atoms with Gasteiger partial charge in [-0.25, -0.2) is 0 Å². The number of nitrogens with one attached hydrogen (secondary N) is 1. The summed E-state index contributed by atoms with van der Waals surface area (Å²) in [5, 5.41) is 3.41.